The number of aromatic nitrogens is 6. The van der Waals surface area contributed by atoms with Crippen molar-refractivity contribution in [3.8, 4) is 0 Å². The number of alkyl halides is 3. The van der Waals surface area contributed by atoms with E-state index in [1.54, 1.807) is 25.6 Å². The van der Waals surface area contributed by atoms with Gasteiger partial charge >= 0.3 is 6.18 Å². The van der Waals surface area contributed by atoms with E-state index >= 15 is 0 Å². The molecule has 7 nitrogen and oxygen atoms in total. The van der Waals surface area contributed by atoms with Gasteiger partial charge in [-0.05, 0) is 44.9 Å². The molecule has 0 amide bonds. The minimum Gasteiger partial charge on any atom is -0.340 e. The Morgan fingerprint density at radius 1 is 1.04 bits per heavy atom. The van der Waals surface area contributed by atoms with E-state index in [1.807, 2.05) is 0 Å². The minimum atomic E-state index is -4.54. The highest BCUT2D eigenvalue weighted by Gasteiger charge is 2.34. The molecule has 1 fully saturated rings. The highest BCUT2D eigenvalue weighted by atomic mass is 19.4. The molecule has 1 saturated heterocycles. The van der Waals surface area contributed by atoms with E-state index in [1.165, 1.54) is 16.7 Å². The van der Waals surface area contributed by atoms with Crippen LogP contribution in [-0.4, -0.2) is 42.5 Å². The van der Waals surface area contributed by atoms with Gasteiger partial charge in [0.15, 0.2) is 11.5 Å². The summed E-state index contributed by atoms with van der Waals surface area (Å²) in [5, 5.41) is 8.54. The summed E-state index contributed by atoms with van der Waals surface area (Å²) in [5.41, 5.74) is 0.502. The lowest BCUT2D eigenvalue weighted by atomic mass is 10.2. The number of rotatable bonds is 3. The van der Waals surface area contributed by atoms with Crippen LogP contribution in [0.5, 0.6) is 0 Å². The fourth-order valence-corrected chi connectivity index (χ4v) is 3.29. The molecule has 0 unspecified atom stereocenters. The van der Waals surface area contributed by atoms with Crippen LogP contribution in [0.15, 0.2) is 6.07 Å². The molecule has 0 aliphatic carbocycles. The zero-order valence-corrected chi connectivity index (χ0v) is 15.8. The maximum absolute atomic E-state index is 13.5. The SMILES string of the molecule is Cc1nc2cc(C(F)(F)F)c(C=Cc3nc(N4CCCC4)nn3C)nn2c1C. The van der Waals surface area contributed by atoms with Gasteiger partial charge in [-0.1, -0.05) is 0 Å². The Labute approximate surface area is 159 Å². The molecule has 0 N–H and O–H groups in total. The molecule has 4 heterocycles. The van der Waals surface area contributed by atoms with Gasteiger partial charge in [0.05, 0.1) is 22.6 Å². The molecule has 28 heavy (non-hydrogen) atoms. The van der Waals surface area contributed by atoms with E-state index in [4.69, 9.17) is 0 Å². The highest BCUT2D eigenvalue weighted by molar-refractivity contribution is 5.68. The lowest BCUT2D eigenvalue weighted by molar-refractivity contribution is -0.138. The number of imidazole rings is 1. The van der Waals surface area contributed by atoms with Crippen LogP contribution >= 0.6 is 0 Å². The van der Waals surface area contributed by atoms with Gasteiger partial charge in [0, 0.05) is 20.1 Å². The number of nitrogens with zero attached hydrogens (tertiary/aromatic N) is 7. The number of aryl methyl sites for hydroxylation is 3. The third kappa shape index (κ3) is 3.23. The molecular formula is C18H20F3N7. The van der Waals surface area contributed by atoms with Crippen LogP contribution < -0.4 is 4.90 Å². The van der Waals surface area contributed by atoms with Crippen molar-refractivity contribution in [2.45, 2.75) is 32.9 Å². The Morgan fingerprint density at radius 2 is 1.75 bits per heavy atom. The zero-order valence-electron chi connectivity index (χ0n) is 15.8. The second-order valence-electron chi connectivity index (χ2n) is 6.91. The molecule has 1 aliphatic heterocycles. The molecule has 10 heteroatoms. The predicted molar refractivity (Wildman–Crippen MR) is 98.8 cm³/mol. The molecule has 148 valence electrons. The van der Waals surface area contributed by atoms with E-state index in [-0.39, 0.29) is 11.3 Å². The number of hydrogen-bond acceptors (Lipinski definition) is 5. The third-order valence-electron chi connectivity index (χ3n) is 4.97. The maximum Gasteiger partial charge on any atom is 0.418 e. The normalized spacial score (nSPS) is 15.4. The lowest BCUT2D eigenvalue weighted by Crippen LogP contribution is -2.19. The van der Waals surface area contributed by atoms with Crippen molar-refractivity contribution in [3.63, 3.8) is 0 Å². The lowest BCUT2D eigenvalue weighted by Gasteiger charge is -2.10. The van der Waals surface area contributed by atoms with Crippen LogP contribution in [0, 0.1) is 13.8 Å². The van der Waals surface area contributed by atoms with E-state index in [2.05, 4.69) is 25.1 Å². The van der Waals surface area contributed by atoms with E-state index < -0.39 is 11.7 Å². The summed E-state index contributed by atoms with van der Waals surface area (Å²) >= 11 is 0. The summed E-state index contributed by atoms with van der Waals surface area (Å²) in [6.45, 7) is 5.30. The van der Waals surface area contributed by atoms with Crippen LogP contribution in [0.25, 0.3) is 17.8 Å². The second kappa shape index (κ2) is 6.61. The molecule has 0 bridgehead atoms. The number of halogens is 3. The van der Waals surface area contributed by atoms with E-state index in [0.29, 0.717) is 23.2 Å². The highest BCUT2D eigenvalue weighted by Crippen LogP contribution is 2.33. The van der Waals surface area contributed by atoms with Crippen molar-refractivity contribution in [3.05, 3.63) is 34.5 Å². The molecule has 0 spiro atoms. The smallest absolute Gasteiger partial charge is 0.340 e. The van der Waals surface area contributed by atoms with Crippen LogP contribution in [0.3, 0.4) is 0 Å². The molecule has 4 rings (SSSR count). The monoisotopic (exact) mass is 391 g/mol. The Balaban J connectivity index is 1.75. The summed E-state index contributed by atoms with van der Waals surface area (Å²) in [7, 11) is 1.72. The van der Waals surface area contributed by atoms with Crippen molar-refractivity contribution in [1.29, 1.82) is 0 Å². The zero-order chi connectivity index (χ0) is 20.1. The number of anilines is 1. The van der Waals surface area contributed by atoms with Crippen molar-refractivity contribution in [2.75, 3.05) is 18.0 Å². The predicted octanol–water partition coefficient (Wildman–Crippen LogP) is 3.26. The summed E-state index contributed by atoms with van der Waals surface area (Å²) in [6, 6.07) is 1.03. The van der Waals surface area contributed by atoms with Crippen LogP contribution in [0.4, 0.5) is 19.1 Å². The molecule has 3 aromatic heterocycles. The largest absolute Gasteiger partial charge is 0.418 e. The van der Waals surface area contributed by atoms with Gasteiger partial charge in [-0.2, -0.15) is 23.3 Å². The van der Waals surface area contributed by atoms with Crippen LogP contribution in [0.1, 0.15) is 41.3 Å². The molecular weight excluding hydrogens is 371 g/mol. The first-order chi connectivity index (χ1) is 13.2. The Kier molecular flexibility index (Phi) is 4.35. The topological polar surface area (TPSA) is 64.1 Å². The minimum absolute atomic E-state index is 0.175. The fraction of sp³-hybridized carbons (Fsp3) is 0.444. The average Bonchev–Trinajstić information content (AvgIpc) is 3.33. The summed E-state index contributed by atoms with van der Waals surface area (Å²) < 4.78 is 43.6. The standard InChI is InChI=1S/C18H20F3N7/c1-11-12(2)28-16(22-11)10-13(18(19,20)21)14(24-28)6-7-15-23-17(25-26(15)3)27-8-4-5-9-27/h6-7,10H,4-5,8-9H2,1-3H3. The summed E-state index contributed by atoms with van der Waals surface area (Å²) in [5.74, 6) is 1.07. The van der Waals surface area contributed by atoms with Gasteiger partial charge in [0.2, 0.25) is 5.95 Å². The summed E-state index contributed by atoms with van der Waals surface area (Å²) in [6.07, 6.45) is 0.477. The molecule has 0 aromatic carbocycles. The van der Waals surface area contributed by atoms with Crippen LogP contribution in [0.2, 0.25) is 0 Å². The number of hydrogen-bond donors (Lipinski definition) is 0. The molecule has 0 saturated carbocycles. The van der Waals surface area contributed by atoms with Crippen molar-refractivity contribution in [2.24, 2.45) is 7.05 Å². The second-order valence-corrected chi connectivity index (χ2v) is 6.91. The molecule has 3 aromatic rings. The van der Waals surface area contributed by atoms with Crippen LogP contribution in [-0.2, 0) is 13.2 Å². The first-order valence-corrected chi connectivity index (χ1v) is 9.02. The van der Waals surface area contributed by atoms with Gasteiger partial charge in [-0.3, -0.25) is 0 Å². The first kappa shape index (κ1) is 18.5. The quantitative estimate of drug-likeness (QED) is 0.686. The Morgan fingerprint density at radius 3 is 2.43 bits per heavy atom. The molecule has 0 radical (unpaired) electrons. The van der Waals surface area contributed by atoms with Gasteiger partial charge in [-0.25, -0.2) is 14.2 Å². The molecule has 1 aliphatic rings. The van der Waals surface area contributed by atoms with Crippen molar-refractivity contribution in [1.82, 2.24) is 29.4 Å². The summed E-state index contributed by atoms with van der Waals surface area (Å²) in [4.78, 5) is 10.7. The van der Waals surface area contributed by atoms with Gasteiger partial charge in [-0.15, -0.1) is 5.10 Å². The molecule has 0 atom stereocenters. The van der Waals surface area contributed by atoms with E-state index in [9.17, 15) is 13.2 Å². The third-order valence-corrected chi connectivity index (χ3v) is 4.97. The Hall–Kier alpha value is -2.91. The van der Waals surface area contributed by atoms with E-state index in [0.717, 1.165) is 32.0 Å². The fourth-order valence-electron chi connectivity index (χ4n) is 3.29. The number of fused-ring (bicyclic) bond motifs is 1. The van der Waals surface area contributed by atoms with Gasteiger partial charge in [0.1, 0.15) is 0 Å². The van der Waals surface area contributed by atoms with Crippen molar-refractivity contribution >= 4 is 23.7 Å². The van der Waals surface area contributed by atoms with Gasteiger partial charge in [0.25, 0.3) is 0 Å². The first-order valence-electron chi connectivity index (χ1n) is 9.02. The van der Waals surface area contributed by atoms with Gasteiger partial charge < -0.3 is 4.90 Å². The maximum atomic E-state index is 13.5. The van der Waals surface area contributed by atoms with Crippen molar-refractivity contribution < 1.29 is 13.2 Å². The average molecular weight is 391 g/mol. The Bertz CT molecular complexity index is 1060.